The van der Waals surface area contributed by atoms with Crippen LogP contribution in [0.1, 0.15) is 25.0 Å². The van der Waals surface area contributed by atoms with Crippen molar-refractivity contribution in [2.45, 2.75) is 19.3 Å². The Morgan fingerprint density at radius 2 is 2.21 bits per heavy atom. The van der Waals surface area contributed by atoms with E-state index in [0.29, 0.717) is 30.1 Å². The fraction of sp³-hybridized carbons (Fsp3) is 0.263. The molecule has 28 heavy (non-hydrogen) atoms. The zero-order chi connectivity index (χ0) is 19.7. The molecule has 0 aromatic carbocycles. The predicted molar refractivity (Wildman–Crippen MR) is 111 cm³/mol. The van der Waals surface area contributed by atoms with Gasteiger partial charge in [0.1, 0.15) is 11.7 Å². The van der Waals surface area contributed by atoms with Crippen molar-refractivity contribution in [3.05, 3.63) is 56.7 Å². The average Bonchev–Trinajstić information content (AvgIpc) is 2.61. The number of nitrogens with zero attached hydrogens (tertiary/aromatic N) is 3. The van der Waals surface area contributed by atoms with Gasteiger partial charge in [-0.05, 0) is 43.8 Å². The summed E-state index contributed by atoms with van der Waals surface area (Å²) in [7, 11) is 3.31. The molecule has 0 unspecified atom stereocenters. The molecule has 0 atom stereocenters. The second-order valence-electron chi connectivity index (χ2n) is 5.84. The van der Waals surface area contributed by atoms with Crippen LogP contribution in [-0.4, -0.2) is 29.7 Å². The molecule has 6 N–H and O–H groups in total. The molecule has 151 valence electrons. The van der Waals surface area contributed by atoms with Gasteiger partial charge in [-0.1, -0.05) is 6.58 Å². The van der Waals surface area contributed by atoms with E-state index in [1.165, 1.54) is 18.4 Å². The summed E-state index contributed by atoms with van der Waals surface area (Å²) in [4.78, 5) is 8.67. The summed E-state index contributed by atoms with van der Waals surface area (Å²) >= 11 is 0. The molecule has 0 saturated heterocycles. The van der Waals surface area contributed by atoms with Crippen LogP contribution in [0.3, 0.4) is 0 Å². The molecular formula is C19H27N7OPm-2. The van der Waals surface area contributed by atoms with Crippen molar-refractivity contribution in [1.29, 1.82) is 10.7 Å². The molecule has 0 fully saturated rings. The fourth-order valence-corrected chi connectivity index (χ4v) is 2.13. The van der Waals surface area contributed by atoms with Crippen molar-refractivity contribution < 1.29 is 45.1 Å². The fourth-order valence-electron chi connectivity index (χ4n) is 2.13. The van der Waals surface area contributed by atoms with Crippen molar-refractivity contribution in [3.8, 4) is 6.07 Å². The van der Waals surface area contributed by atoms with Gasteiger partial charge in [-0.25, -0.2) is 17.1 Å². The van der Waals surface area contributed by atoms with E-state index in [4.69, 9.17) is 21.6 Å². The van der Waals surface area contributed by atoms with Crippen molar-refractivity contribution in [2.75, 3.05) is 18.5 Å². The van der Waals surface area contributed by atoms with Crippen molar-refractivity contribution in [1.82, 2.24) is 4.98 Å². The molecule has 8 nitrogen and oxygen atoms in total. The Balaban J connectivity index is 0. The van der Waals surface area contributed by atoms with Crippen LogP contribution < -0.4 is 16.8 Å². The van der Waals surface area contributed by atoms with E-state index >= 15 is 0 Å². The van der Waals surface area contributed by atoms with Crippen LogP contribution in [0.5, 0.6) is 0 Å². The molecule has 0 aliphatic heterocycles. The third kappa shape index (κ3) is 7.65. The van der Waals surface area contributed by atoms with Gasteiger partial charge in [-0.2, -0.15) is 5.26 Å². The van der Waals surface area contributed by atoms with Crippen LogP contribution in [0.25, 0.3) is 0 Å². The van der Waals surface area contributed by atoms with E-state index < -0.39 is 5.41 Å². The Bertz CT molecular complexity index is 779. The number of hydrogen-bond donors (Lipinski definition) is 4. The number of aromatic nitrogens is 1. The van der Waals surface area contributed by atoms with Crippen LogP contribution in [-0.2, 0) is 10.2 Å². The van der Waals surface area contributed by atoms with Crippen molar-refractivity contribution in [2.24, 2.45) is 16.5 Å². The van der Waals surface area contributed by atoms with E-state index in [9.17, 15) is 5.26 Å². The monoisotopic (exact) mass is 514 g/mol. The number of nitriles is 1. The number of amidine groups is 1. The summed E-state index contributed by atoms with van der Waals surface area (Å²) in [5.74, 6) is 0.797. The zero-order valence-electron chi connectivity index (χ0n) is 16.5. The first-order valence-electron chi connectivity index (χ1n) is 7.82. The van der Waals surface area contributed by atoms with Gasteiger partial charge in [0.2, 0.25) is 0 Å². The number of rotatable bonds is 9. The molecule has 1 heterocycles. The summed E-state index contributed by atoms with van der Waals surface area (Å²) in [5.41, 5.74) is 11.3. The van der Waals surface area contributed by atoms with Gasteiger partial charge in [0.25, 0.3) is 0 Å². The molecule has 9 heteroatoms. The number of ether oxygens (including phenoxy) is 1. The third-order valence-corrected chi connectivity index (χ3v) is 3.48. The second-order valence-corrected chi connectivity index (χ2v) is 5.84. The van der Waals surface area contributed by atoms with Gasteiger partial charge in [0.15, 0.2) is 5.82 Å². The average molecular weight is 514 g/mol. The van der Waals surface area contributed by atoms with Gasteiger partial charge < -0.3 is 34.4 Å². The maximum absolute atomic E-state index is 9.58. The summed E-state index contributed by atoms with van der Waals surface area (Å²) in [5, 5.41) is 20.9. The minimum Gasteiger partial charge on any atom is -0.554 e. The van der Waals surface area contributed by atoms with Crippen molar-refractivity contribution in [3.63, 3.8) is 0 Å². The zero-order valence-corrected chi connectivity index (χ0v) is 19.4. The smallest absolute Gasteiger partial charge is 0.166 e. The van der Waals surface area contributed by atoms with E-state index in [0.717, 1.165) is 0 Å². The Morgan fingerprint density at radius 1 is 1.57 bits per heavy atom. The number of aliphatic imine (C=N–C) groups is 1. The van der Waals surface area contributed by atoms with Crippen molar-refractivity contribution >= 4 is 23.2 Å². The quantitative estimate of drug-likeness (QED) is 0.172. The largest absolute Gasteiger partial charge is 0.554 e. The van der Waals surface area contributed by atoms with E-state index in [-0.39, 0.29) is 65.2 Å². The Kier molecular flexibility index (Phi) is 13.5. The van der Waals surface area contributed by atoms with E-state index in [1.54, 1.807) is 19.9 Å². The van der Waals surface area contributed by atoms with Crippen LogP contribution >= 0.6 is 0 Å². The molecule has 1 aromatic heterocycles. The maximum Gasteiger partial charge on any atom is 0.166 e. The number of hydrogen-bond acceptors (Lipinski definition) is 7. The Labute approximate surface area is 199 Å². The van der Waals surface area contributed by atoms with Crippen LogP contribution in [0, 0.1) is 71.7 Å². The standard InChI is InChI=1S/C18H24N7O.CH3.Pm/c1-5-13(21)16-12(18(2,3)11-20)10-15(23-8-9-26-4)25-17(16)24-14(22)6-7-19;;/h5-7,10,21H,1,4,8-9,19H2,2-3H3,(H3,22,23,24,25);1H3;/q2*-1;/b7-6-,21-13?;;. The Hall–Kier alpha value is -1.84. The third-order valence-electron chi connectivity index (χ3n) is 3.48. The van der Waals surface area contributed by atoms with Gasteiger partial charge in [0, 0.05) is 59.1 Å². The van der Waals surface area contributed by atoms with Gasteiger partial charge >= 0.3 is 0 Å². The van der Waals surface area contributed by atoms with Gasteiger partial charge in [-0.15, -0.1) is 0 Å². The van der Waals surface area contributed by atoms with Gasteiger partial charge in [-0.3, -0.25) is 0 Å². The minimum atomic E-state index is -0.893. The van der Waals surface area contributed by atoms with Crippen LogP contribution in [0.4, 0.5) is 11.6 Å². The molecule has 1 rings (SSSR count). The first-order valence-corrected chi connectivity index (χ1v) is 7.82. The number of pyridine rings is 1. The molecule has 0 amide bonds. The van der Waals surface area contributed by atoms with Crippen LogP contribution in [0.2, 0.25) is 0 Å². The number of nitrogens with two attached hydrogens (primary N) is 2. The summed E-state index contributed by atoms with van der Waals surface area (Å²) in [6.45, 7) is 7.98. The topological polar surface area (TPSA) is 146 Å². The van der Waals surface area contributed by atoms with Gasteiger partial charge in [0.05, 0.1) is 17.2 Å². The molecule has 1 aromatic rings. The summed E-state index contributed by atoms with van der Waals surface area (Å²) < 4.78 is 4.78. The second kappa shape index (κ2) is 13.4. The first kappa shape index (κ1) is 28.4. The molecule has 0 aliphatic rings. The molecule has 0 aliphatic carbocycles. The number of allylic oxidation sites excluding steroid dienone is 1. The van der Waals surface area contributed by atoms with E-state index in [2.05, 4.69) is 35.1 Å². The summed E-state index contributed by atoms with van der Waals surface area (Å²) in [6, 6.07) is 3.96. The van der Waals surface area contributed by atoms with E-state index in [1.807, 2.05) is 0 Å². The number of anilines is 1. The summed E-state index contributed by atoms with van der Waals surface area (Å²) in [6.07, 6.45) is 4.03. The Morgan fingerprint density at radius 3 is 2.71 bits per heavy atom. The normalized spacial score (nSPS) is 11.1. The SMILES string of the molecule is C=CC(=N)c1c(C(C)(C)C#N)cc(NCCO[CH2-])nc1/N=C(N)\C=C/N.[CH3-].[Pm]. The minimum absolute atomic E-state index is 0. The maximum atomic E-state index is 9.58. The number of nitrogens with one attached hydrogen (secondary N) is 2. The molecular weight excluding hydrogens is 487 g/mol. The first-order chi connectivity index (χ1) is 12.3. The predicted octanol–water partition coefficient (Wildman–Crippen LogP) is 2.57. The molecule has 0 saturated carbocycles. The molecule has 1 radical (unpaired) electrons. The van der Waals surface area contributed by atoms with Crippen LogP contribution in [0.15, 0.2) is 36.0 Å². The molecule has 0 bridgehead atoms. The molecule has 0 spiro atoms.